The summed E-state index contributed by atoms with van der Waals surface area (Å²) in [6, 6.07) is 2.07. The minimum Gasteiger partial charge on any atom is -0.389 e. The Morgan fingerprint density at radius 2 is 2.50 bits per heavy atom. The molecule has 0 bridgehead atoms. The maximum atomic E-state index is 9.34. The zero-order valence-electron chi connectivity index (χ0n) is 8.00. The van der Waals surface area contributed by atoms with E-state index in [4.69, 9.17) is 4.74 Å². The van der Waals surface area contributed by atoms with E-state index in [0.717, 1.165) is 10.3 Å². The fraction of sp³-hybridized carbons (Fsp3) is 0.556. The number of nitrogens with one attached hydrogen (secondary N) is 1. The summed E-state index contributed by atoms with van der Waals surface area (Å²) in [6.07, 6.45) is -0.429. The van der Waals surface area contributed by atoms with Crippen molar-refractivity contribution in [1.82, 2.24) is 5.32 Å². The molecule has 5 heteroatoms. The van der Waals surface area contributed by atoms with Crippen molar-refractivity contribution >= 4 is 27.3 Å². The van der Waals surface area contributed by atoms with E-state index >= 15 is 0 Å². The van der Waals surface area contributed by atoms with Crippen LogP contribution in [0.5, 0.6) is 0 Å². The first-order chi connectivity index (χ1) is 6.72. The van der Waals surface area contributed by atoms with Crippen LogP contribution in [0.2, 0.25) is 0 Å². The fourth-order valence-electron chi connectivity index (χ4n) is 1.07. The molecule has 0 aliphatic carbocycles. The van der Waals surface area contributed by atoms with E-state index < -0.39 is 6.10 Å². The Morgan fingerprint density at radius 1 is 1.71 bits per heavy atom. The third kappa shape index (κ3) is 4.52. The molecule has 80 valence electrons. The number of hydrogen-bond donors (Lipinski definition) is 2. The Hall–Kier alpha value is 0.0600. The number of hydrogen-bond acceptors (Lipinski definition) is 4. The van der Waals surface area contributed by atoms with Crippen molar-refractivity contribution in [3.8, 4) is 0 Å². The SMILES string of the molecule is COCC(O)CNCc1csc(Br)c1. The molecule has 0 amide bonds. The lowest BCUT2D eigenvalue weighted by atomic mass is 10.3. The summed E-state index contributed by atoms with van der Waals surface area (Å²) in [7, 11) is 1.58. The number of thiophene rings is 1. The standard InChI is InChI=1S/C9H14BrNO2S/c1-13-5-8(12)4-11-3-7-2-9(10)14-6-7/h2,6,8,11-12H,3-5H2,1H3. The van der Waals surface area contributed by atoms with Crippen LogP contribution < -0.4 is 5.32 Å². The molecule has 1 aromatic rings. The van der Waals surface area contributed by atoms with Crippen molar-refractivity contribution in [2.75, 3.05) is 20.3 Å². The smallest absolute Gasteiger partial charge is 0.0897 e. The summed E-state index contributed by atoms with van der Waals surface area (Å²) in [4.78, 5) is 0. The molecule has 1 atom stereocenters. The Labute approximate surface area is 96.2 Å². The van der Waals surface area contributed by atoms with Crippen LogP contribution in [0.15, 0.2) is 15.2 Å². The highest BCUT2D eigenvalue weighted by atomic mass is 79.9. The monoisotopic (exact) mass is 279 g/mol. The van der Waals surface area contributed by atoms with Gasteiger partial charge in [0, 0.05) is 20.2 Å². The fourth-order valence-corrected chi connectivity index (χ4v) is 2.28. The molecule has 2 N–H and O–H groups in total. The Kier molecular flexibility index (Phi) is 5.66. The number of ether oxygens (including phenoxy) is 1. The lowest BCUT2D eigenvalue weighted by Crippen LogP contribution is -2.29. The first-order valence-corrected chi connectivity index (χ1v) is 6.00. The Morgan fingerprint density at radius 3 is 3.07 bits per heavy atom. The van der Waals surface area contributed by atoms with Crippen LogP contribution in [0.3, 0.4) is 0 Å². The molecule has 1 unspecified atom stereocenters. The average molecular weight is 280 g/mol. The maximum Gasteiger partial charge on any atom is 0.0897 e. The minimum absolute atomic E-state index is 0.375. The van der Waals surface area contributed by atoms with Gasteiger partial charge in [-0.25, -0.2) is 0 Å². The first kappa shape index (κ1) is 12.1. The van der Waals surface area contributed by atoms with Crippen LogP contribution >= 0.6 is 27.3 Å². The van der Waals surface area contributed by atoms with Crippen molar-refractivity contribution in [2.45, 2.75) is 12.6 Å². The Balaban J connectivity index is 2.15. The lowest BCUT2D eigenvalue weighted by Gasteiger charge is -2.09. The molecule has 0 fully saturated rings. The average Bonchev–Trinajstić information content (AvgIpc) is 2.52. The van der Waals surface area contributed by atoms with Crippen LogP contribution in [0.1, 0.15) is 5.56 Å². The molecule has 1 heterocycles. The van der Waals surface area contributed by atoms with E-state index in [0.29, 0.717) is 13.2 Å². The van der Waals surface area contributed by atoms with Gasteiger partial charge in [-0.05, 0) is 32.9 Å². The zero-order chi connectivity index (χ0) is 10.4. The molecule has 14 heavy (non-hydrogen) atoms. The maximum absolute atomic E-state index is 9.34. The molecular formula is C9H14BrNO2S. The summed E-state index contributed by atoms with van der Waals surface area (Å²) in [5, 5.41) is 14.6. The van der Waals surface area contributed by atoms with Gasteiger partial charge in [0.05, 0.1) is 16.5 Å². The summed E-state index contributed by atoms with van der Waals surface area (Å²) in [6.45, 7) is 1.71. The topological polar surface area (TPSA) is 41.5 Å². The van der Waals surface area contributed by atoms with Crippen molar-refractivity contribution < 1.29 is 9.84 Å². The van der Waals surface area contributed by atoms with E-state index in [1.165, 1.54) is 5.56 Å². The van der Waals surface area contributed by atoms with Gasteiger partial charge in [0.1, 0.15) is 0 Å². The summed E-state index contributed by atoms with van der Waals surface area (Å²) >= 11 is 5.06. The second kappa shape index (κ2) is 6.53. The molecule has 0 saturated heterocycles. The quantitative estimate of drug-likeness (QED) is 0.832. The number of halogens is 1. The third-order valence-corrected chi connectivity index (χ3v) is 3.24. The first-order valence-electron chi connectivity index (χ1n) is 4.33. The highest BCUT2D eigenvalue weighted by Crippen LogP contribution is 2.20. The molecule has 1 rings (SSSR count). The molecule has 3 nitrogen and oxygen atoms in total. The molecule has 1 aromatic heterocycles. The second-order valence-electron chi connectivity index (χ2n) is 3.00. The lowest BCUT2D eigenvalue weighted by molar-refractivity contribution is 0.0644. The highest BCUT2D eigenvalue weighted by molar-refractivity contribution is 9.11. The normalized spacial score (nSPS) is 13.1. The summed E-state index contributed by atoms with van der Waals surface area (Å²) in [5.74, 6) is 0. The van der Waals surface area contributed by atoms with Crippen LogP contribution in [0.25, 0.3) is 0 Å². The van der Waals surface area contributed by atoms with E-state index in [9.17, 15) is 5.11 Å². The van der Waals surface area contributed by atoms with Crippen LogP contribution in [-0.4, -0.2) is 31.5 Å². The van der Waals surface area contributed by atoms with Crippen LogP contribution in [0.4, 0.5) is 0 Å². The zero-order valence-corrected chi connectivity index (χ0v) is 10.4. The van der Waals surface area contributed by atoms with Gasteiger partial charge in [0.2, 0.25) is 0 Å². The van der Waals surface area contributed by atoms with Crippen LogP contribution in [0, 0.1) is 0 Å². The van der Waals surface area contributed by atoms with Gasteiger partial charge in [-0.1, -0.05) is 0 Å². The van der Waals surface area contributed by atoms with E-state index in [1.54, 1.807) is 18.4 Å². The van der Waals surface area contributed by atoms with E-state index in [2.05, 4.69) is 32.7 Å². The van der Waals surface area contributed by atoms with Gasteiger partial charge >= 0.3 is 0 Å². The molecule has 0 radical (unpaired) electrons. The van der Waals surface area contributed by atoms with Gasteiger partial charge in [-0.2, -0.15) is 0 Å². The van der Waals surface area contributed by atoms with E-state index in [1.807, 2.05) is 0 Å². The largest absolute Gasteiger partial charge is 0.389 e. The van der Waals surface area contributed by atoms with Crippen molar-refractivity contribution in [3.63, 3.8) is 0 Å². The predicted molar refractivity (Wildman–Crippen MR) is 61.6 cm³/mol. The van der Waals surface area contributed by atoms with Crippen molar-refractivity contribution in [3.05, 3.63) is 20.8 Å². The van der Waals surface area contributed by atoms with E-state index in [-0.39, 0.29) is 0 Å². The number of aliphatic hydroxyl groups excluding tert-OH is 1. The van der Waals surface area contributed by atoms with Gasteiger partial charge in [-0.15, -0.1) is 11.3 Å². The van der Waals surface area contributed by atoms with Crippen molar-refractivity contribution in [1.29, 1.82) is 0 Å². The molecule has 0 aliphatic heterocycles. The second-order valence-corrected chi connectivity index (χ2v) is 5.29. The van der Waals surface area contributed by atoms with Crippen LogP contribution in [-0.2, 0) is 11.3 Å². The van der Waals surface area contributed by atoms with Gasteiger partial charge in [0.25, 0.3) is 0 Å². The number of rotatable bonds is 6. The number of methoxy groups -OCH3 is 1. The predicted octanol–water partition coefficient (Wildman–Crippen LogP) is 1.61. The van der Waals surface area contributed by atoms with Gasteiger partial charge in [0.15, 0.2) is 0 Å². The molecule has 0 aromatic carbocycles. The van der Waals surface area contributed by atoms with Gasteiger partial charge < -0.3 is 15.2 Å². The highest BCUT2D eigenvalue weighted by Gasteiger charge is 2.02. The molecule has 0 spiro atoms. The molecule has 0 aliphatic rings. The van der Waals surface area contributed by atoms with Crippen molar-refractivity contribution in [2.24, 2.45) is 0 Å². The Bertz CT molecular complexity index is 267. The number of aliphatic hydroxyl groups is 1. The van der Waals surface area contributed by atoms with Gasteiger partial charge in [-0.3, -0.25) is 0 Å². The summed E-state index contributed by atoms with van der Waals surface area (Å²) in [5.41, 5.74) is 1.23. The summed E-state index contributed by atoms with van der Waals surface area (Å²) < 4.78 is 5.95. The molecule has 0 saturated carbocycles. The third-order valence-electron chi connectivity index (χ3n) is 1.69. The molecular weight excluding hydrogens is 266 g/mol. The minimum atomic E-state index is -0.429.